The van der Waals surface area contributed by atoms with Gasteiger partial charge in [0.15, 0.2) is 0 Å². The molecule has 0 aliphatic carbocycles. The van der Waals surface area contributed by atoms with E-state index < -0.39 is 0 Å². The van der Waals surface area contributed by atoms with Crippen LogP contribution in [0.25, 0.3) is 0 Å². The average Bonchev–Trinajstić information content (AvgIpc) is 1.56. The van der Waals surface area contributed by atoms with Crippen molar-refractivity contribution in [3.63, 3.8) is 0 Å². The van der Waals surface area contributed by atoms with Gasteiger partial charge in [-0.3, -0.25) is 38.3 Å². The molecule has 4 aliphatic heterocycles. The summed E-state index contributed by atoms with van der Waals surface area (Å²) in [5, 5.41) is 41.4. The van der Waals surface area contributed by atoms with E-state index >= 15 is 0 Å². The van der Waals surface area contributed by atoms with E-state index in [9.17, 15) is 19.2 Å². The van der Waals surface area contributed by atoms with Crippen molar-refractivity contribution in [3.8, 4) is 0 Å². The van der Waals surface area contributed by atoms with E-state index in [4.69, 9.17) is 4.74 Å². The highest BCUT2D eigenvalue weighted by molar-refractivity contribution is 5.84. The van der Waals surface area contributed by atoms with Gasteiger partial charge in [0.25, 0.3) is 0 Å². The van der Waals surface area contributed by atoms with E-state index in [2.05, 4.69) is 195 Å². The summed E-state index contributed by atoms with van der Waals surface area (Å²) in [6, 6.07) is 56.3. The zero-order valence-electron chi connectivity index (χ0n) is 61.4. The normalized spacial score (nSPS) is 20.8. The molecule has 11 atom stereocenters. The molecule has 4 saturated heterocycles. The Morgan fingerprint density at radius 2 is 0.837 bits per heavy atom. The second-order valence-corrected chi connectivity index (χ2v) is 29.4. The van der Waals surface area contributed by atoms with Gasteiger partial charge in [-0.25, -0.2) is 0 Å². The molecule has 0 bridgehead atoms. The van der Waals surface area contributed by atoms with Gasteiger partial charge < -0.3 is 42.0 Å². The van der Waals surface area contributed by atoms with Gasteiger partial charge in [0.2, 0.25) is 23.6 Å². The van der Waals surface area contributed by atoms with Crippen LogP contribution < -0.4 is 37.2 Å². The number of fused-ring (bicyclic) bond motifs is 2. The van der Waals surface area contributed by atoms with Gasteiger partial charge in [-0.05, 0) is 168 Å². The van der Waals surface area contributed by atoms with E-state index in [1.54, 1.807) is 14.1 Å². The Labute approximate surface area is 615 Å². The number of rotatable bonds is 33. The third kappa shape index (κ3) is 20.6. The summed E-state index contributed by atoms with van der Waals surface area (Å²) in [5.74, 6) is 0.0976. The maximum Gasteiger partial charge on any atom is 0.238 e. The van der Waals surface area contributed by atoms with Crippen LogP contribution in [0.3, 0.4) is 0 Å². The minimum atomic E-state index is -0.296. The highest BCUT2D eigenvalue weighted by Gasteiger charge is 2.42. The summed E-state index contributed by atoms with van der Waals surface area (Å²) in [4.78, 5) is 59.4. The highest BCUT2D eigenvalue weighted by Crippen LogP contribution is 2.35. The first kappa shape index (κ1) is 74.9. The summed E-state index contributed by atoms with van der Waals surface area (Å²) < 4.78 is 9.96. The fraction of sp³-hybridized carbons (Fsp3) is 0.476. The summed E-state index contributed by atoms with van der Waals surface area (Å²) in [6.45, 7) is 8.18. The van der Waals surface area contributed by atoms with Crippen LogP contribution in [0.15, 0.2) is 176 Å². The van der Waals surface area contributed by atoms with Gasteiger partial charge in [0.1, 0.15) is 5.69 Å². The molecule has 0 radical (unpaired) electrons. The number of hydrogen-bond acceptors (Lipinski definition) is 14. The molecule has 4 fully saturated rings. The lowest BCUT2D eigenvalue weighted by atomic mass is 9.96. The monoisotopic (exact) mass is 1410 g/mol. The molecule has 12 rings (SSSR count). The van der Waals surface area contributed by atoms with Crippen LogP contribution in [-0.2, 0) is 69.4 Å². The third-order valence-electron chi connectivity index (χ3n) is 22.1. The molecule has 2 unspecified atom stereocenters. The Morgan fingerprint density at radius 3 is 1.28 bits per heavy atom. The molecule has 20 heteroatoms. The number of hydrogen-bond donors (Lipinski definition) is 7. The van der Waals surface area contributed by atoms with Crippen LogP contribution in [0.1, 0.15) is 190 Å². The molecule has 4 amide bonds. The number of benzene rings is 6. The number of ether oxygens (including phenoxy) is 1. The molecule has 0 spiro atoms. The van der Waals surface area contributed by atoms with Gasteiger partial charge >= 0.3 is 0 Å². The summed E-state index contributed by atoms with van der Waals surface area (Å²) in [6.07, 6.45) is 21.3. The first-order valence-electron chi connectivity index (χ1n) is 38.5. The Hall–Kier alpha value is -8.76. The van der Waals surface area contributed by atoms with Crippen LogP contribution in [0.5, 0.6) is 0 Å². The van der Waals surface area contributed by atoms with Crippen molar-refractivity contribution in [2.24, 2.45) is 0 Å². The van der Waals surface area contributed by atoms with Crippen LogP contribution >= 0.6 is 0 Å². The first-order valence-corrected chi connectivity index (χ1v) is 38.5. The minimum Gasteiger partial charge on any atom is -0.375 e. The number of carbonyl (C=O) groups excluding carboxylic acids is 4. The quantitative estimate of drug-likeness (QED) is 0.0190. The van der Waals surface area contributed by atoms with Crippen molar-refractivity contribution in [2.45, 2.75) is 222 Å². The van der Waals surface area contributed by atoms with E-state index in [1.807, 2.05) is 72.0 Å². The molecular formula is C84H109N15O5. The Kier molecular flexibility index (Phi) is 27.2. The van der Waals surface area contributed by atoms with Gasteiger partial charge in [0.05, 0.1) is 60.8 Å². The molecule has 8 aromatic rings. The highest BCUT2D eigenvalue weighted by atomic mass is 16.5. The van der Waals surface area contributed by atoms with Crippen molar-refractivity contribution < 1.29 is 23.9 Å². The smallest absolute Gasteiger partial charge is 0.238 e. The number of nitrogens with one attached hydrogen (secondary N) is 7. The van der Waals surface area contributed by atoms with Crippen molar-refractivity contribution in [1.82, 2.24) is 77.0 Å². The second kappa shape index (κ2) is 37.8. The lowest BCUT2D eigenvalue weighted by Gasteiger charge is -2.36. The number of likely N-dealkylation sites (N-methyl/N-ethyl adjacent to an activating group) is 2. The topological polar surface area (TPSA) is 230 Å². The largest absolute Gasteiger partial charge is 0.375 e. The van der Waals surface area contributed by atoms with E-state index in [-0.39, 0.29) is 78.0 Å². The molecule has 0 saturated carbocycles. The lowest BCUT2D eigenvalue weighted by molar-refractivity contribution is -0.128. The maximum atomic E-state index is 14.4. The fourth-order valence-corrected chi connectivity index (χ4v) is 15.9. The van der Waals surface area contributed by atoms with Gasteiger partial charge in [-0.15, -0.1) is 10.2 Å². The predicted molar refractivity (Wildman–Crippen MR) is 407 cm³/mol. The molecule has 6 aromatic carbocycles. The maximum absolute atomic E-state index is 14.4. The third-order valence-corrected chi connectivity index (χ3v) is 22.1. The molecule has 7 N–H and O–H groups in total. The number of amides is 4. The van der Waals surface area contributed by atoms with Crippen LogP contribution in [0.4, 0.5) is 0 Å². The SMILES string of the molecule is CN[C@@H](C)C(=O)N[C@H]1CCCCC2CC[C@@H](C(=O)N[C@@H](c3ccccc3)c3ccc(CCCn4cc(CN[C@@H](c5ccccc5)c5ccc(CCCOCc6cn(CCCc7ccc([C@@H](NC(=O)[C@@H]8CCC9CCCC[C@H](NC(=O)[C@H](C)NC)CN98)c8ccccc8)cc7)nn6)cc5)nn4)cc3)N2C1. The standard InChI is InChI=1S/C84H109N15O5/c1-59(85-3)81(100)88-70-30-14-16-32-74-46-48-76(98(74)56-70)83(102)90-79(65-26-10-6-11-27-65)68-42-36-61(37-43-68)21-18-50-96-54-72(92-94-96)53-87-78(64-24-8-5-9-25-64)67-40-34-63(35-41-67)23-20-52-104-58-73-55-97(95-93-73)51-19-22-62-38-44-69(45-39-62)80(66-28-12-7-13-29-66)91-84(103)77-49-47-75-33-17-15-31-71(57-99(75)77)89-82(101)60(2)86-4/h5-13,24-29,34-45,54-55,59-60,70-71,74-80,85-87H,14-23,30-33,46-53,56-58H2,1-4H3,(H,88,100)(H,89,101)(H,90,102)(H,91,103)/t59-,60-,70-,71-,74?,75?,76-,77-,78-,79-,80-/m0/s1. The number of carbonyl (C=O) groups is 4. The minimum absolute atomic E-state index is 0.00406. The first-order chi connectivity index (χ1) is 50.9. The fourth-order valence-electron chi connectivity index (χ4n) is 15.9. The summed E-state index contributed by atoms with van der Waals surface area (Å²) in [7, 11) is 3.61. The molecule has 2 aromatic heterocycles. The second-order valence-electron chi connectivity index (χ2n) is 29.4. The van der Waals surface area contributed by atoms with Crippen molar-refractivity contribution in [2.75, 3.05) is 33.8 Å². The Bertz CT molecular complexity index is 3950. The van der Waals surface area contributed by atoms with E-state index in [1.165, 1.54) is 27.8 Å². The van der Waals surface area contributed by atoms with Gasteiger partial charge in [0, 0.05) is 69.7 Å². The zero-order valence-corrected chi connectivity index (χ0v) is 61.4. The molecule has 6 heterocycles. The summed E-state index contributed by atoms with van der Waals surface area (Å²) in [5.41, 5.74) is 11.9. The van der Waals surface area contributed by atoms with Gasteiger partial charge in [-0.2, -0.15) is 0 Å². The molecule has 4 aliphatic rings. The number of nitrogens with zero attached hydrogens (tertiary/aromatic N) is 8. The molecular weight excluding hydrogens is 1300 g/mol. The van der Waals surface area contributed by atoms with Crippen molar-refractivity contribution in [1.29, 1.82) is 0 Å². The Balaban J connectivity index is 0.562. The predicted octanol–water partition coefficient (Wildman–Crippen LogP) is 10.6. The average molecular weight is 1410 g/mol. The lowest BCUT2D eigenvalue weighted by Crippen LogP contribution is -2.54. The van der Waals surface area contributed by atoms with Crippen molar-refractivity contribution >= 4 is 23.6 Å². The number of aromatic nitrogens is 6. The molecule has 104 heavy (non-hydrogen) atoms. The van der Waals surface area contributed by atoms with Crippen LogP contribution in [0, 0.1) is 0 Å². The van der Waals surface area contributed by atoms with Crippen molar-refractivity contribution in [3.05, 3.63) is 238 Å². The van der Waals surface area contributed by atoms with Crippen LogP contribution in [-0.4, -0.2) is 146 Å². The number of aryl methyl sites for hydroxylation is 5. The van der Waals surface area contributed by atoms with E-state index in [0.717, 1.165) is 162 Å². The van der Waals surface area contributed by atoms with E-state index in [0.29, 0.717) is 44.9 Å². The Morgan fingerprint density at radius 1 is 0.452 bits per heavy atom. The zero-order chi connectivity index (χ0) is 72.0. The molecule has 550 valence electrons. The molecule has 20 nitrogen and oxygen atoms in total. The summed E-state index contributed by atoms with van der Waals surface area (Å²) >= 11 is 0. The van der Waals surface area contributed by atoms with Crippen LogP contribution in [0.2, 0.25) is 0 Å². The van der Waals surface area contributed by atoms with Gasteiger partial charge in [-0.1, -0.05) is 200 Å².